The second kappa shape index (κ2) is 12.1. The lowest BCUT2D eigenvalue weighted by Gasteiger charge is -2.34. The SMILES string of the molecule is CCOC(=O)N1CCN(Cc2ccc(OC[C@H]3CCCN(C(=O)c4cccc5c(C)c(C)[nH]c45)C3)cc2)CC1. The van der Waals surface area contributed by atoms with Crippen molar-refractivity contribution in [3.63, 3.8) is 0 Å². The second-order valence-electron chi connectivity index (χ2n) is 10.8. The molecule has 3 heterocycles. The van der Waals surface area contributed by atoms with E-state index in [-0.39, 0.29) is 12.0 Å². The molecule has 3 aromatic rings. The van der Waals surface area contributed by atoms with Crippen LogP contribution in [0.5, 0.6) is 5.75 Å². The first kappa shape index (κ1) is 27.1. The number of H-pyrrole nitrogens is 1. The zero-order valence-electron chi connectivity index (χ0n) is 23.4. The summed E-state index contributed by atoms with van der Waals surface area (Å²) < 4.78 is 11.3. The zero-order chi connectivity index (χ0) is 27.4. The molecule has 0 unspecified atom stereocenters. The van der Waals surface area contributed by atoms with Gasteiger partial charge in [-0.05, 0) is 62.9 Å². The predicted octanol–water partition coefficient (Wildman–Crippen LogP) is 4.99. The van der Waals surface area contributed by atoms with E-state index >= 15 is 0 Å². The van der Waals surface area contributed by atoms with Crippen LogP contribution in [0.4, 0.5) is 4.79 Å². The summed E-state index contributed by atoms with van der Waals surface area (Å²) in [5, 5.41) is 1.12. The van der Waals surface area contributed by atoms with E-state index in [1.165, 1.54) is 11.1 Å². The summed E-state index contributed by atoms with van der Waals surface area (Å²) in [6.07, 6.45) is 1.83. The van der Waals surface area contributed by atoms with Gasteiger partial charge in [-0.3, -0.25) is 9.69 Å². The molecule has 208 valence electrons. The molecule has 0 aliphatic carbocycles. The molecule has 2 aliphatic rings. The maximum absolute atomic E-state index is 13.5. The van der Waals surface area contributed by atoms with Crippen LogP contribution in [0.2, 0.25) is 0 Å². The Morgan fingerprint density at radius 2 is 1.74 bits per heavy atom. The number of hydrogen-bond donors (Lipinski definition) is 1. The molecule has 5 rings (SSSR count). The van der Waals surface area contributed by atoms with Crippen LogP contribution in [0.25, 0.3) is 10.9 Å². The number of ether oxygens (including phenoxy) is 2. The number of benzene rings is 2. The lowest BCUT2D eigenvalue weighted by Crippen LogP contribution is -2.48. The number of nitrogens with zero attached hydrogens (tertiary/aromatic N) is 3. The normalized spacial score (nSPS) is 18.4. The Hall–Kier alpha value is -3.52. The Balaban J connectivity index is 1.11. The molecule has 2 fully saturated rings. The quantitative estimate of drug-likeness (QED) is 0.464. The number of amides is 2. The average Bonchev–Trinajstić information content (AvgIpc) is 3.26. The fourth-order valence-electron chi connectivity index (χ4n) is 5.68. The molecule has 39 heavy (non-hydrogen) atoms. The van der Waals surface area contributed by atoms with Crippen LogP contribution in [0.1, 0.15) is 46.9 Å². The lowest BCUT2D eigenvalue weighted by molar-refractivity contribution is 0.0634. The van der Waals surface area contributed by atoms with Crippen molar-refractivity contribution in [3.05, 3.63) is 64.8 Å². The number of likely N-dealkylation sites (tertiary alicyclic amines) is 1. The van der Waals surface area contributed by atoms with E-state index in [9.17, 15) is 9.59 Å². The number of carbonyl (C=O) groups is 2. The molecule has 8 heteroatoms. The molecule has 0 bridgehead atoms. The number of fused-ring (bicyclic) bond motifs is 1. The summed E-state index contributed by atoms with van der Waals surface area (Å²) in [7, 11) is 0. The Bertz CT molecular complexity index is 1290. The number of nitrogens with one attached hydrogen (secondary N) is 1. The predicted molar refractivity (Wildman–Crippen MR) is 152 cm³/mol. The van der Waals surface area contributed by atoms with E-state index in [0.29, 0.717) is 38.8 Å². The van der Waals surface area contributed by atoms with Crippen molar-refractivity contribution in [1.82, 2.24) is 19.7 Å². The van der Waals surface area contributed by atoms with E-state index in [1.54, 1.807) is 4.90 Å². The molecule has 1 N–H and O–H groups in total. The van der Waals surface area contributed by atoms with Crippen LogP contribution in [-0.4, -0.2) is 84.2 Å². The van der Waals surface area contributed by atoms with E-state index in [1.807, 2.05) is 36.1 Å². The van der Waals surface area contributed by atoms with Crippen molar-refractivity contribution in [2.45, 2.75) is 40.2 Å². The topological polar surface area (TPSA) is 78.1 Å². The number of hydrogen-bond acceptors (Lipinski definition) is 5. The third-order valence-corrected chi connectivity index (χ3v) is 8.09. The molecule has 2 aromatic carbocycles. The summed E-state index contributed by atoms with van der Waals surface area (Å²) in [5.74, 6) is 1.26. The summed E-state index contributed by atoms with van der Waals surface area (Å²) in [5.41, 5.74) is 5.23. The monoisotopic (exact) mass is 532 g/mol. The van der Waals surface area contributed by atoms with Gasteiger partial charge >= 0.3 is 6.09 Å². The van der Waals surface area contributed by atoms with E-state index in [4.69, 9.17) is 9.47 Å². The molecule has 0 radical (unpaired) electrons. The number of rotatable bonds is 7. The maximum Gasteiger partial charge on any atom is 0.409 e. The van der Waals surface area contributed by atoms with E-state index < -0.39 is 0 Å². The van der Waals surface area contributed by atoms with Gasteiger partial charge in [-0.1, -0.05) is 24.3 Å². The largest absolute Gasteiger partial charge is 0.493 e. The number of para-hydroxylation sites is 1. The fraction of sp³-hybridized carbons (Fsp3) is 0.484. The first-order valence-electron chi connectivity index (χ1n) is 14.2. The molecule has 1 atom stereocenters. The van der Waals surface area contributed by atoms with Gasteiger partial charge in [0.25, 0.3) is 5.91 Å². The van der Waals surface area contributed by atoms with Crippen LogP contribution < -0.4 is 4.74 Å². The molecule has 1 aromatic heterocycles. The van der Waals surface area contributed by atoms with Gasteiger partial charge in [0.1, 0.15) is 5.75 Å². The zero-order valence-corrected chi connectivity index (χ0v) is 23.4. The highest BCUT2D eigenvalue weighted by atomic mass is 16.6. The van der Waals surface area contributed by atoms with Gasteiger partial charge in [0.05, 0.1) is 24.3 Å². The summed E-state index contributed by atoms with van der Waals surface area (Å²) in [6, 6.07) is 14.3. The van der Waals surface area contributed by atoms with Gasteiger partial charge in [0.2, 0.25) is 0 Å². The fourth-order valence-corrected chi connectivity index (χ4v) is 5.68. The van der Waals surface area contributed by atoms with Crippen LogP contribution in [0.15, 0.2) is 42.5 Å². The maximum atomic E-state index is 13.5. The number of carbonyl (C=O) groups excluding carboxylic acids is 2. The minimum atomic E-state index is -0.216. The number of piperazine rings is 1. The molecular formula is C31H40N4O4. The van der Waals surface area contributed by atoms with Gasteiger partial charge in [0.15, 0.2) is 0 Å². The minimum absolute atomic E-state index is 0.0963. The van der Waals surface area contributed by atoms with Gasteiger partial charge in [-0.2, -0.15) is 0 Å². The molecule has 8 nitrogen and oxygen atoms in total. The number of aromatic nitrogens is 1. The first-order valence-corrected chi connectivity index (χ1v) is 14.2. The van der Waals surface area contributed by atoms with Crippen LogP contribution in [0.3, 0.4) is 0 Å². The van der Waals surface area contributed by atoms with Crippen molar-refractivity contribution < 1.29 is 19.1 Å². The third kappa shape index (κ3) is 6.22. The Kier molecular flexibility index (Phi) is 8.41. The van der Waals surface area contributed by atoms with E-state index in [0.717, 1.165) is 66.9 Å². The first-order chi connectivity index (χ1) is 18.9. The molecule has 0 saturated carbocycles. The molecule has 2 saturated heterocycles. The highest BCUT2D eigenvalue weighted by Gasteiger charge is 2.27. The molecule has 2 aliphatic heterocycles. The van der Waals surface area contributed by atoms with Crippen molar-refractivity contribution >= 4 is 22.9 Å². The van der Waals surface area contributed by atoms with Crippen molar-refractivity contribution in [1.29, 1.82) is 0 Å². The van der Waals surface area contributed by atoms with Crippen molar-refractivity contribution in [2.24, 2.45) is 5.92 Å². The Morgan fingerprint density at radius 3 is 2.49 bits per heavy atom. The summed E-state index contributed by atoms with van der Waals surface area (Å²) in [4.78, 5) is 34.9. The average molecular weight is 533 g/mol. The number of piperidine rings is 1. The van der Waals surface area contributed by atoms with Gasteiger partial charge in [-0.25, -0.2) is 4.79 Å². The standard InChI is InChI=1S/C31H40N4O4/c1-4-38-31(37)34-17-15-33(16-18-34)19-24-10-12-26(13-11-24)39-21-25-7-6-14-35(20-25)30(36)28-9-5-8-27-22(2)23(3)32-29(27)28/h5,8-13,25,32H,4,6-7,14-21H2,1-3H3/t25-/m0/s1. The Labute approximate surface area is 230 Å². The van der Waals surface area contributed by atoms with Crippen molar-refractivity contribution in [3.8, 4) is 5.75 Å². The summed E-state index contributed by atoms with van der Waals surface area (Å²) in [6.45, 7) is 12.4. The van der Waals surface area contributed by atoms with Gasteiger partial charge < -0.3 is 24.3 Å². The molecule has 0 spiro atoms. The van der Waals surface area contributed by atoms with Gasteiger partial charge in [0, 0.05) is 62.8 Å². The smallest absolute Gasteiger partial charge is 0.409 e. The molecular weight excluding hydrogens is 492 g/mol. The Morgan fingerprint density at radius 1 is 0.974 bits per heavy atom. The van der Waals surface area contributed by atoms with Crippen LogP contribution in [0, 0.1) is 19.8 Å². The van der Waals surface area contributed by atoms with E-state index in [2.05, 4.69) is 41.9 Å². The third-order valence-electron chi connectivity index (χ3n) is 8.09. The highest BCUT2D eigenvalue weighted by molar-refractivity contribution is 6.06. The van der Waals surface area contributed by atoms with Crippen molar-refractivity contribution in [2.75, 3.05) is 52.5 Å². The highest BCUT2D eigenvalue weighted by Crippen LogP contribution is 2.27. The minimum Gasteiger partial charge on any atom is -0.493 e. The van der Waals surface area contributed by atoms with Gasteiger partial charge in [-0.15, -0.1) is 0 Å². The molecule has 2 amide bonds. The number of aromatic amines is 1. The van der Waals surface area contributed by atoms with Crippen LogP contribution in [-0.2, 0) is 11.3 Å². The van der Waals surface area contributed by atoms with Crippen LogP contribution >= 0.6 is 0 Å². The second-order valence-corrected chi connectivity index (χ2v) is 10.8. The lowest BCUT2D eigenvalue weighted by atomic mass is 9.97. The number of aryl methyl sites for hydroxylation is 2. The summed E-state index contributed by atoms with van der Waals surface area (Å²) >= 11 is 0.